The molecule has 0 atom stereocenters. The van der Waals surface area contributed by atoms with Crippen LogP contribution in [0, 0.1) is 0 Å². The molecule has 0 saturated carbocycles. The molecular formula is C15H20N2O3S. The summed E-state index contributed by atoms with van der Waals surface area (Å²) < 4.78 is 26.8. The van der Waals surface area contributed by atoms with E-state index in [4.69, 9.17) is 0 Å². The Morgan fingerprint density at radius 1 is 1.10 bits per heavy atom. The van der Waals surface area contributed by atoms with Gasteiger partial charge in [-0.2, -0.15) is 4.31 Å². The summed E-state index contributed by atoms with van der Waals surface area (Å²) in [6.07, 6.45) is 3.65. The number of sulfonamides is 1. The van der Waals surface area contributed by atoms with Gasteiger partial charge in [0.25, 0.3) is 0 Å². The molecule has 6 heteroatoms. The van der Waals surface area contributed by atoms with Crippen molar-refractivity contribution in [2.24, 2.45) is 0 Å². The highest BCUT2D eigenvalue weighted by molar-refractivity contribution is 7.89. The molecule has 21 heavy (non-hydrogen) atoms. The Labute approximate surface area is 125 Å². The number of amides is 1. The van der Waals surface area contributed by atoms with E-state index in [1.165, 1.54) is 11.2 Å². The topological polar surface area (TPSA) is 57.7 Å². The van der Waals surface area contributed by atoms with Gasteiger partial charge in [-0.1, -0.05) is 6.07 Å². The molecule has 114 valence electrons. The quantitative estimate of drug-likeness (QED) is 0.836. The van der Waals surface area contributed by atoms with Crippen molar-refractivity contribution in [1.29, 1.82) is 0 Å². The zero-order valence-electron chi connectivity index (χ0n) is 12.2. The molecule has 0 aromatic heterocycles. The second-order valence-corrected chi connectivity index (χ2v) is 7.61. The summed E-state index contributed by atoms with van der Waals surface area (Å²) in [5.74, 6) is -0.0355. The third-order valence-electron chi connectivity index (χ3n) is 4.26. The Morgan fingerprint density at radius 2 is 1.81 bits per heavy atom. The van der Waals surface area contributed by atoms with Gasteiger partial charge in [-0.05, 0) is 43.4 Å². The van der Waals surface area contributed by atoms with Crippen LogP contribution in [0.15, 0.2) is 23.1 Å². The number of rotatable bonds is 2. The Kier molecular flexibility index (Phi) is 3.75. The van der Waals surface area contributed by atoms with Crippen molar-refractivity contribution in [3.8, 4) is 0 Å². The summed E-state index contributed by atoms with van der Waals surface area (Å²) in [5, 5.41) is 0. The highest BCUT2D eigenvalue weighted by atomic mass is 32.2. The van der Waals surface area contributed by atoms with Crippen LogP contribution in [0.5, 0.6) is 0 Å². The Morgan fingerprint density at radius 3 is 2.48 bits per heavy atom. The van der Waals surface area contributed by atoms with E-state index in [2.05, 4.69) is 0 Å². The van der Waals surface area contributed by atoms with Gasteiger partial charge >= 0.3 is 0 Å². The summed E-state index contributed by atoms with van der Waals surface area (Å²) in [5.41, 5.74) is 1.81. The molecule has 5 nitrogen and oxygen atoms in total. The first-order valence-electron chi connectivity index (χ1n) is 7.41. The highest BCUT2D eigenvalue weighted by Crippen LogP contribution is 2.31. The third kappa shape index (κ3) is 2.58. The third-order valence-corrected chi connectivity index (χ3v) is 6.15. The Bertz CT molecular complexity index is 663. The van der Waals surface area contributed by atoms with E-state index in [9.17, 15) is 13.2 Å². The first-order chi connectivity index (χ1) is 10.00. The fourth-order valence-corrected chi connectivity index (χ4v) is 4.66. The summed E-state index contributed by atoms with van der Waals surface area (Å²) in [7, 11) is -3.43. The van der Waals surface area contributed by atoms with Gasteiger partial charge in [0.15, 0.2) is 0 Å². The average Bonchev–Trinajstić information content (AvgIpc) is 3.00. The van der Waals surface area contributed by atoms with Crippen molar-refractivity contribution >= 4 is 21.6 Å². The maximum Gasteiger partial charge on any atom is 0.243 e. The lowest BCUT2D eigenvalue weighted by atomic mass is 10.0. The van der Waals surface area contributed by atoms with Gasteiger partial charge in [0.05, 0.1) is 4.90 Å². The van der Waals surface area contributed by atoms with E-state index in [-0.39, 0.29) is 5.91 Å². The number of fused-ring (bicyclic) bond motifs is 1. The standard InChI is InChI=1S/C15H20N2O3S/c1-12(18)17-10-4-5-13-6-7-14(11-15(13)17)21(19,20)16-8-2-3-9-16/h6-7,11H,2-5,8-10H2,1H3. The van der Waals surface area contributed by atoms with Gasteiger partial charge < -0.3 is 4.90 Å². The average molecular weight is 308 g/mol. The molecule has 0 aliphatic carbocycles. The van der Waals surface area contributed by atoms with Crippen LogP contribution in [-0.2, 0) is 21.2 Å². The molecule has 0 spiro atoms. The summed E-state index contributed by atoms with van der Waals surface area (Å²) in [4.78, 5) is 13.7. The van der Waals surface area contributed by atoms with E-state index in [1.54, 1.807) is 17.0 Å². The molecule has 1 fully saturated rings. The number of nitrogens with zero attached hydrogens (tertiary/aromatic N) is 2. The molecule has 1 saturated heterocycles. The van der Waals surface area contributed by atoms with E-state index >= 15 is 0 Å². The fraction of sp³-hybridized carbons (Fsp3) is 0.533. The van der Waals surface area contributed by atoms with Crippen molar-refractivity contribution in [2.75, 3.05) is 24.5 Å². The monoisotopic (exact) mass is 308 g/mol. The van der Waals surface area contributed by atoms with Crippen molar-refractivity contribution in [2.45, 2.75) is 37.5 Å². The highest BCUT2D eigenvalue weighted by Gasteiger charge is 2.29. The number of hydrogen-bond donors (Lipinski definition) is 0. The first kappa shape index (κ1) is 14.5. The molecule has 2 aliphatic heterocycles. The van der Waals surface area contributed by atoms with Gasteiger partial charge in [0.2, 0.25) is 15.9 Å². The number of carbonyl (C=O) groups excluding carboxylic acids is 1. The van der Waals surface area contributed by atoms with Gasteiger partial charge in [0.1, 0.15) is 0 Å². The molecule has 3 rings (SSSR count). The molecular weight excluding hydrogens is 288 g/mol. The Balaban J connectivity index is 2.02. The predicted octanol–water partition coefficient (Wildman–Crippen LogP) is 1.77. The van der Waals surface area contributed by atoms with E-state index in [1.807, 2.05) is 6.07 Å². The van der Waals surface area contributed by atoms with Crippen molar-refractivity contribution in [3.05, 3.63) is 23.8 Å². The number of aryl methyl sites for hydroxylation is 1. The number of carbonyl (C=O) groups is 1. The zero-order chi connectivity index (χ0) is 15.0. The SMILES string of the molecule is CC(=O)N1CCCc2ccc(S(=O)(=O)N3CCCC3)cc21. The van der Waals surface area contributed by atoms with Crippen molar-refractivity contribution in [3.63, 3.8) is 0 Å². The fourth-order valence-electron chi connectivity index (χ4n) is 3.12. The summed E-state index contributed by atoms with van der Waals surface area (Å²) in [6.45, 7) is 3.37. The first-order valence-corrected chi connectivity index (χ1v) is 8.85. The van der Waals surface area contributed by atoms with Crippen LogP contribution in [0.1, 0.15) is 31.7 Å². The second-order valence-electron chi connectivity index (χ2n) is 5.68. The van der Waals surface area contributed by atoms with Gasteiger partial charge in [-0.25, -0.2) is 8.42 Å². The molecule has 2 aliphatic rings. The van der Waals surface area contributed by atoms with Crippen LogP contribution in [0.2, 0.25) is 0 Å². The molecule has 0 radical (unpaired) electrons. The molecule has 1 aromatic rings. The minimum atomic E-state index is -3.43. The lowest BCUT2D eigenvalue weighted by Gasteiger charge is -2.29. The largest absolute Gasteiger partial charge is 0.312 e. The molecule has 0 bridgehead atoms. The maximum absolute atomic E-state index is 12.6. The molecule has 1 aromatic carbocycles. The molecule has 1 amide bonds. The normalized spacial score (nSPS) is 19.6. The number of anilines is 1. The molecule has 0 N–H and O–H groups in total. The molecule has 0 unspecified atom stereocenters. The van der Waals surface area contributed by atoms with Gasteiger partial charge in [-0.15, -0.1) is 0 Å². The van der Waals surface area contributed by atoms with Crippen LogP contribution in [0.4, 0.5) is 5.69 Å². The Hall–Kier alpha value is -1.40. The lowest BCUT2D eigenvalue weighted by molar-refractivity contribution is -0.116. The van der Waals surface area contributed by atoms with E-state index in [0.717, 1.165) is 36.9 Å². The minimum Gasteiger partial charge on any atom is -0.312 e. The predicted molar refractivity (Wildman–Crippen MR) is 80.8 cm³/mol. The van der Waals surface area contributed by atoms with Crippen molar-refractivity contribution in [1.82, 2.24) is 4.31 Å². The van der Waals surface area contributed by atoms with E-state index in [0.29, 0.717) is 24.5 Å². The maximum atomic E-state index is 12.6. The summed E-state index contributed by atoms with van der Waals surface area (Å²) >= 11 is 0. The number of hydrogen-bond acceptors (Lipinski definition) is 3. The smallest absolute Gasteiger partial charge is 0.243 e. The second kappa shape index (κ2) is 5.42. The van der Waals surface area contributed by atoms with Crippen LogP contribution >= 0.6 is 0 Å². The minimum absolute atomic E-state index is 0.0355. The van der Waals surface area contributed by atoms with Crippen molar-refractivity contribution < 1.29 is 13.2 Å². The molecule has 2 heterocycles. The zero-order valence-corrected chi connectivity index (χ0v) is 13.0. The van der Waals surface area contributed by atoms with Crippen LogP contribution in [0.25, 0.3) is 0 Å². The van der Waals surface area contributed by atoms with Crippen LogP contribution in [0.3, 0.4) is 0 Å². The van der Waals surface area contributed by atoms with E-state index < -0.39 is 10.0 Å². The lowest BCUT2D eigenvalue weighted by Crippen LogP contribution is -2.34. The van der Waals surface area contributed by atoms with Crippen LogP contribution < -0.4 is 4.90 Å². The van der Waals surface area contributed by atoms with Gasteiger partial charge in [0, 0.05) is 32.2 Å². The number of benzene rings is 1. The van der Waals surface area contributed by atoms with Gasteiger partial charge in [-0.3, -0.25) is 4.79 Å². The summed E-state index contributed by atoms with van der Waals surface area (Å²) in [6, 6.07) is 5.20. The van der Waals surface area contributed by atoms with Crippen LogP contribution in [-0.4, -0.2) is 38.3 Å².